The summed E-state index contributed by atoms with van der Waals surface area (Å²) in [6.45, 7) is 4.86. The SMILES string of the molecule is COC1(CCC(C)COC2OC(CO)C(O)C(O)C2O)OC2CC3C4CCC5CC(OC6OC(CO)C(OC7OC(CO)C(O)C(OC8OC(CO)C(O)C(O)C8O)C7OC7OC(CO)C(O)C(O)C7O)C(O)C6O)C(O)CC5(C)C4CCC3(C)C2C1C. The highest BCUT2D eigenvalue weighted by Crippen LogP contribution is 2.71. The minimum absolute atomic E-state index is 0.0369. The van der Waals surface area contributed by atoms with Gasteiger partial charge in [0, 0.05) is 19.4 Å². The average molecular weight is 1280 g/mol. The number of hydrogen-bond donors (Lipinski definition) is 18. The Balaban J connectivity index is 0.782. The Labute approximate surface area is 509 Å². The number of aliphatic hydroxyl groups excluding tert-OH is 18. The molecule has 10 aliphatic rings. The normalized spacial score (nSPS) is 55.1. The van der Waals surface area contributed by atoms with Gasteiger partial charge in [0.1, 0.15) is 122 Å². The second-order valence-electron chi connectivity index (χ2n) is 27.4. The van der Waals surface area contributed by atoms with E-state index in [4.69, 9.17) is 56.8 Å². The topological polar surface area (TPSA) is 475 Å². The minimum atomic E-state index is -2.08. The monoisotopic (exact) mass is 1270 g/mol. The van der Waals surface area contributed by atoms with Gasteiger partial charge in [-0.15, -0.1) is 0 Å². The van der Waals surface area contributed by atoms with Crippen LogP contribution in [0.2, 0.25) is 0 Å². The lowest BCUT2D eigenvalue weighted by molar-refractivity contribution is -0.407. The summed E-state index contributed by atoms with van der Waals surface area (Å²) in [5.41, 5.74) is -0.354. The highest BCUT2D eigenvalue weighted by Gasteiger charge is 2.69. The van der Waals surface area contributed by atoms with Crippen molar-refractivity contribution >= 4 is 0 Å². The van der Waals surface area contributed by atoms with E-state index in [1.807, 2.05) is 6.92 Å². The minimum Gasteiger partial charge on any atom is -0.394 e. The zero-order valence-electron chi connectivity index (χ0n) is 50.3. The quantitative estimate of drug-likeness (QED) is 0.0504. The first kappa shape index (κ1) is 69.6. The van der Waals surface area contributed by atoms with E-state index in [1.165, 1.54) is 0 Å². The van der Waals surface area contributed by atoms with Gasteiger partial charge in [-0.25, -0.2) is 0 Å². The molecular formula is C58H98O30. The van der Waals surface area contributed by atoms with Crippen LogP contribution >= 0.6 is 0 Å². The summed E-state index contributed by atoms with van der Waals surface area (Å²) < 4.78 is 72.6. The maximum Gasteiger partial charge on any atom is 0.187 e. The fourth-order valence-electron chi connectivity index (χ4n) is 17.5. The zero-order valence-corrected chi connectivity index (χ0v) is 50.3. The zero-order chi connectivity index (χ0) is 63.8. The van der Waals surface area contributed by atoms with Crippen molar-refractivity contribution in [1.29, 1.82) is 0 Å². The lowest BCUT2D eigenvalue weighted by Gasteiger charge is -2.62. The van der Waals surface area contributed by atoms with Gasteiger partial charge in [-0.2, -0.15) is 0 Å². The first-order valence-electron chi connectivity index (χ1n) is 31.4. The highest BCUT2D eigenvalue weighted by atomic mass is 16.8. The molecule has 88 heavy (non-hydrogen) atoms. The Kier molecular flexibility index (Phi) is 22.0. The Morgan fingerprint density at radius 2 is 0.977 bits per heavy atom. The van der Waals surface area contributed by atoms with Gasteiger partial charge in [0.25, 0.3) is 0 Å². The molecule has 38 unspecified atom stereocenters. The molecule has 6 saturated heterocycles. The van der Waals surface area contributed by atoms with Crippen LogP contribution in [0.25, 0.3) is 0 Å². The Hall–Kier alpha value is -1.20. The van der Waals surface area contributed by atoms with Gasteiger partial charge in [-0.3, -0.25) is 0 Å². The van der Waals surface area contributed by atoms with Crippen LogP contribution < -0.4 is 0 Å². The standard InChI is InChI=1S/C58H98O30/c1-21(20-78-51-44(73)40(69)36(65)30(15-59)80-51)8-11-58(77-5)22(2)35-29(88-58)13-26-24-7-6-23-12-28(27(64)14-57(23,4)25(24)9-10-56(26,35)3)79-52-47(76)43(72)48(34(19-63)84-52)85-55-50(87-54-46(75)42(71)38(67)32(17-61)82-54)49(39(68)33(18-62)83-55)86-53-45(74)41(70)37(66)31(16-60)81-53/h21-55,59-76H,6-20H2,1-5H3. The van der Waals surface area contributed by atoms with E-state index in [9.17, 15) is 91.9 Å². The molecule has 10 rings (SSSR count). The molecule has 510 valence electrons. The average Bonchev–Trinajstić information content (AvgIpc) is 1.48. The second-order valence-corrected chi connectivity index (χ2v) is 27.4. The number of methoxy groups -OCH3 is 1. The molecule has 38 atom stereocenters. The molecule has 0 aromatic carbocycles. The molecule has 6 heterocycles. The molecule has 10 fully saturated rings. The van der Waals surface area contributed by atoms with Crippen molar-refractivity contribution in [3.8, 4) is 0 Å². The summed E-state index contributed by atoms with van der Waals surface area (Å²) in [6.07, 6.45) is -39.6. The summed E-state index contributed by atoms with van der Waals surface area (Å²) in [4.78, 5) is 0. The lowest BCUT2D eigenvalue weighted by Crippen LogP contribution is -2.69. The first-order valence-corrected chi connectivity index (χ1v) is 31.4. The van der Waals surface area contributed by atoms with E-state index in [2.05, 4.69) is 20.8 Å². The van der Waals surface area contributed by atoms with Crippen LogP contribution in [-0.2, 0) is 56.8 Å². The molecule has 30 heteroatoms. The van der Waals surface area contributed by atoms with Crippen LogP contribution in [0.5, 0.6) is 0 Å². The van der Waals surface area contributed by atoms with Crippen LogP contribution in [0, 0.1) is 52.3 Å². The molecule has 4 saturated carbocycles. The summed E-state index contributed by atoms with van der Waals surface area (Å²) in [5.74, 6) is 0.426. The van der Waals surface area contributed by atoms with Crippen LogP contribution in [-0.4, -0.2) is 316 Å². The maximum absolute atomic E-state index is 12.1. The third-order valence-corrected chi connectivity index (χ3v) is 22.6. The molecule has 0 spiro atoms. The van der Waals surface area contributed by atoms with Gasteiger partial charge in [0.2, 0.25) is 0 Å². The van der Waals surface area contributed by atoms with Gasteiger partial charge in [-0.05, 0) is 97.7 Å². The highest BCUT2D eigenvalue weighted by molar-refractivity contribution is 5.16. The molecule has 6 aliphatic heterocycles. The molecule has 0 bridgehead atoms. The number of hydrogen-bond acceptors (Lipinski definition) is 30. The number of rotatable bonds is 20. The van der Waals surface area contributed by atoms with Gasteiger partial charge >= 0.3 is 0 Å². The molecule has 0 radical (unpaired) electrons. The van der Waals surface area contributed by atoms with Gasteiger partial charge < -0.3 is 149 Å². The molecule has 30 nitrogen and oxygen atoms in total. The van der Waals surface area contributed by atoms with E-state index < -0.39 is 205 Å². The largest absolute Gasteiger partial charge is 0.394 e. The van der Waals surface area contributed by atoms with Crippen LogP contribution in [0.3, 0.4) is 0 Å². The Morgan fingerprint density at radius 1 is 0.489 bits per heavy atom. The van der Waals surface area contributed by atoms with Crippen molar-refractivity contribution in [1.82, 2.24) is 0 Å². The van der Waals surface area contributed by atoms with Gasteiger partial charge in [-0.1, -0.05) is 27.7 Å². The van der Waals surface area contributed by atoms with Gasteiger partial charge in [0.05, 0.1) is 58.0 Å². The van der Waals surface area contributed by atoms with Crippen molar-refractivity contribution in [3.63, 3.8) is 0 Å². The number of aliphatic hydroxyl groups is 18. The van der Waals surface area contributed by atoms with Crippen LogP contribution in [0.1, 0.15) is 85.5 Å². The molecule has 18 N–H and O–H groups in total. The van der Waals surface area contributed by atoms with Crippen LogP contribution in [0.15, 0.2) is 0 Å². The first-order chi connectivity index (χ1) is 41.7. The summed E-state index contributed by atoms with van der Waals surface area (Å²) >= 11 is 0. The molecule has 0 amide bonds. The van der Waals surface area contributed by atoms with Crippen molar-refractivity contribution in [2.24, 2.45) is 52.3 Å². The van der Waals surface area contributed by atoms with Gasteiger partial charge in [0.15, 0.2) is 37.2 Å². The Morgan fingerprint density at radius 3 is 1.55 bits per heavy atom. The molecule has 0 aromatic rings. The van der Waals surface area contributed by atoms with Crippen molar-refractivity contribution < 1.29 is 149 Å². The fourth-order valence-corrected chi connectivity index (χ4v) is 17.5. The van der Waals surface area contributed by atoms with E-state index in [1.54, 1.807) is 7.11 Å². The fraction of sp³-hybridized carbons (Fsp3) is 1.00. The van der Waals surface area contributed by atoms with Crippen LogP contribution in [0.4, 0.5) is 0 Å². The number of ether oxygens (including phenoxy) is 12. The van der Waals surface area contributed by atoms with E-state index in [0.717, 1.165) is 32.1 Å². The predicted molar refractivity (Wildman–Crippen MR) is 290 cm³/mol. The summed E-state index contributed by atoms with van der Waals surface area (Å²) in [7, 11) is 1.68. The van der Waals surface area contributed by atoms with Crippen molar-refractivity contribution in [3.05, 3.63) is 0 Å². The maximum atomic E-state index is 12.1. The van der Waals surface area contributed by atoms with E-state index >= 15 is 0 Å². The second kappa shape index (κ2) is 27.9. The molecule has 0 aromatic heterocycles. The number of fused-ring (bicyclic) bond motifs is 7. The van der Waals surface area contributed by atoms with E-state index in [0.29, 0.717) is 37.5 Å². The van der Waals surface area contributed by atoms with Crippen molar-refractivity contribution in [2.45, 2.75) is 263 Å². The van der Waals surface area contributed by atoms with Crippen molar-refractivity contribution in [2.75, 3.05) is 46.8 Å². The van der Waals surface area contributed by atoms with E-state index in [-0.39, 0.29) is 53.1 Å². The third-order valence-electron chi connectivity index (χ3n) is 22.6. The summed E-state index contributed by atoms with van der Waals surface area (Å²) in [5, 5.41) is 193. The molecular weight excluding hydrogens is 1180 g/mol. The summed E-state index contributed by atoms with van der Waals surface area (Å²) in [6, 6.07) is 0. The third kappa shape index (κ3) is 12.6. The Bertz CT molecular complexity index is 2240. The predicted octanol–water partition coefficient (Wildman–Crippen LogP) is -6.51. The lowest BCUT2D eigenvalue weighted by atomic mass is 9.44. The molecule has 4 aliphatic carbocycles. The smallest absolute Gasteiger partial charge is 0.187 e.